The zero-order valence-electron chi connectivity index (χ0n) is 14.5. The fourth-order valence-electron chi connectivity index (χ4n) is 3.12. The van der Waals surface area contributed by atoms with Crippen LogP contribution in [0.5, 0.6) is 0 Å². The largest absolute Gasteiger partial charge is 0.326 e. The second kappa shape index (κ2) is 7.18. The lowest BCUT2D eigenvalue weighted by Gasteiger charge is -2.16. The van der Waals surface area contributed by atoms with E-state index in [4.69, 9.17) is 0 Å². The number of hydrogen-bond donors (Lipinski definition) is 2. The number of halogens is 2. The van der Waals surface area contributed by atoms with E-state index in [0.29, 0.717) is 11.4 Å². The van der Waals surface area contributed by atoms with Gasteiger partial charge in [0.25, 0.3) is 0 Å². The summed E-state index contributed by atoms with van der Waals surface area (Å²) in [5, 5.41) is 8.97. The van der Waals surface area contributed by atoms with Crippen molar-refractivity contribution < 1.29 is 18.4 Å². The summed E-state index contributed by atoms with van der Waals surface area (Å²) in [5.74, 6) is -1.80. The van der Waals surface area contributed by atoms with Gasteiger partial charge in [0.2, 0.25) is 11.8 Å². The molecule has 0 radical (unpaired) electrons. The zero-order valence-corrected chi connectivity index (χ0v) is 14.5. The van der Waals surface area contributed by atoms with E-state index in [1.165, 1.54) is 53.7 Å². The minimum absolute atomic E-state index is 0.0410. The Bertz CT molecular complexity index is 1020. The molecule has 4 rings (SSSR count). The molecule has 142 valence electrons. The van der Waals surface area contributed by atoms with E-state index in [0.717, 1.165) is 0 Å². The molecule has 2 amide bonds. The van der Waals surface area contributed by atoms with Gasteiger partial charge < -0.3 is 10.2 Å². The van der Waals surface area contributed by atoms with Crippen molar-refractivity contribution in [2.45, 2.75) is 6.42 Å². The summed E-state index contributed by atoms with van der Waals surface area (Å²) in [6, 6.07) is 9.62. The Labute approximate surface area is 158 Å². The maximum atomic E-state index is 14.0. The molecule has 3 aromatic rings. The van der Waals surface area contributed by atoms with Crippen LogP contribution in [0.25, 0.3) is 11.4 Å². The topological polar surface area (TPSA) is 91.0 Å². The van der Waals surface area contributed by atoms with E-state index in [2.05, 4.69) is 20.5 Å². The molecule has 9 heteroatoms. The summed E-state index contributed by atoms with van der Waals surface area (Å²) in [6.07, 6.45) is 1.30. The Morgan fingerprint density at radius 2 is 1.96 bits per heavy atom. The van der Waals surface area contributed by atoms with Gasteiger partial charge in [-0.2, -0.15) is 5.10 Å². The highest BCUT2D eigenvalue weighted by Crippen LogP contribution is 2.27. The lowest BCUT2D eigenvalue weighted by molar-refractivity contribution is -0.122. The van der Waals surface area contributed by atoms with Gasteiger partial charge in [-0.1, -0.05) is 0 Å². The quantitative estimate of drug-likeness (QED) is 0.725. The predicted molar refractivity (Wildman–Crippen MR) is 97.3 cm³/mol. The molecular formula is C19H15F2N5O2. The molecule has 1 unspecified atom stereocenters. The molecule has 2 N–H and O–H groups in total. The summed E-state index contributed by atoms with van der Waals surface area (Å²) >= 11 is 0. The molecule has 2 heterocycles. The number of hydrogen-bond acceptors (Lipinski definition) is 4. The molecule has 0 saturated carbocycles. The first-order valence-electron chi connectivity index (χ1n) is 8.53. The molecule has 1 aliphatic rings. The van der Waals surface area contributed by atoms with Crippen LogP contribution in [0, 0.1) is 17.6 Å². The van der Waals surface area contributed by atoms with Crippen LogP contribution in [-0.4, -0.2) is 33.5 Å². The van der Waals surface area contributed by atoms with Crippen molar-refractivity contribution in [3.05, 3.63) is 60.4 Å². The number of rotatable bonds is 4. The van der Waals surface area contributed by atoms with Crippen LogP contribution in [0.4, 0.5) is 20.2 Å². The van der Waals surface area contributed by atoms with Gasteiger partial charge in [-0.25, -0.2) is 13.8 Å². The number of H-pyrrole nitrogens is 1. The first-order chi connectivity index (χ1) is 13.5. The van der Waals surface area contributed by atoms with Gasteiger partial charge in [-0.15, -0.1) is 0 Å². The maximum absolute atomic E-state index is 14.0. The van der Waals surface area contributed by atoms with Gasteiger partial charge in [0.05, 0.1) is 11.5 Å². The fourth-order valence-corrected chi connectivity index (χ4v) is 3.12. The Morgan fingerprint density at radius 3 is 2.68 bits per heavy atom. The molecule has 7 nitrogen and oxygen atoms in total. The molecule has 1 saturated heterocycles. The average molecular weight is 383 g/mol. The van der Waals surface area contributed by atoms with E-state index in [-0.39, 0.29) is 36.2 Å². The van der Waals surface area contributed by atoms with Crippen LogP contribution >= 0.6 is 0 Å². The lowest BCUT2D eigenvalue weighted by Crippen LogP contribution is -2.28. The van der Waals surface area contributed by atoms with Crippen molar-refractivity contribution in [1.82, 2.24) is 15.2 Å². The number of aromatic amines is 1. The van der Waals surface area contributed by atoms with E-state index >= 15 is 0 Å². The van der Waals surface area contributed by atoms with E-state index in [1.54, 1.807) is 0 Å². The minimum Gasteiger partial charge on any atom is -0.326 e. The summed E-state index contributed by atoms with van der Waals surface area (Å²) in [7, 11) is 0. The molecule has 0 bridgehead atoms. The number of carbonyl (C=O) groups is 2. The number of nitrogens with one attached hydrogen (secondary N) is 2. The molecule has 2 aromatic carbocycles. The molecule has 1 fully saturated rings. The van der Waals surface area contributed by atoms with Crippen LogP contribution in [0.15, 0.2) is 48.8 Å². The normalized spacial score (nSPS) is 16.4. The number of amides is 2. The van der Waals surface area contributed by atoms with Crippen LogP contribution in [0.1, 0.15) is 6.42 Å². The number of anilines is 2. The number of aromatic nitrogens is 3. The highest BCUT2D eigenvalue weighted by molar-refractivity contribution is 6.03. The van der Waals surface area contributed by atoms with Crippen LogP contribution in [0.3, 0.4) is 0 Å². The maximum Gasteiger partial charge on any atom is 0.229 e. The van der Waals surface area contributed by atoms with Crippen molar-refractivity contribution in [2.24, 2.45) is 5.92 Å². The Hall–Kier alpha value is -3.62. The summed E-state index contributed by atoms with van der Waals surface area (Å²) in [6.45, 7) is 0.187. The molecule has 28 heavy (non-hydrogen) atoms. The van der Waals surface area contributed by atoms with Crippen LogP contribution in [-0.2, 0) is 9.59 Å². The Kier molecular flexibility index (Phi) is 4.56. The van der Waals surface area contributed by atoms with E-state index in [9.17, 15) is 18.4 Å². The van der Waals surface area contributed by atoms with Gasteiger partial charge in [0.15, 0.2) is 5.82 Å². The third kappa shape index (κ3) is 3.46. The number of carbonyl (C=O) groups excluding carboxylic acids is 2. The van der Waals surface area contributed by atoms with Crippen LogP contribution in [0.2, 0.25) is 0 Å². The zero-order chi connectivity index (χ0) is 19.7. The van der Waals surface area contributed by atoms with Crippen molar-refractivity contribution >= 4 is 23.2 Å². The Morgan fingerprint density at radius 1 is 1.18 bits per heavy atom. The van der Waals surface area contributed by atoms with Gasteiger partial charge in [-0.3, -0.25) is 14.7 Å². The molecule has 0 aliphatic carbocycles. The second-order valence-electron chi connectivity index (χ2n) is 6.40. The number of benzene rings is 2. The second-order valence-corrected chi connectivity index (χ2v) is 6.40. The average Bonchev–Trinajstić information content (AvgIpc) is 3.34. The minimum atomic E-state index is -0.573. The highest BCUT2D eigenvalue weighted by Gasteiger charge is 2.35. The first-order valence-corrected chi connectivity index (χ1v) is 8.53. The Balaban J connectivity index is 1.48. The molecule has 1 atom stereocenters. The standard InChI is InChI=1S/C19H15F2N5O2/c20-12-1-4-14(5-2-12)26-9-11(7-17(26)27)19(28)24-13-3-6-16(21)15(8-13)18-22-10-23-25-18/h1-6,8,10-11H,7,9H2,(H,24,28)(H,22,23,25). The predicted octanol–water partition coefficient (Wildman–Crippen LogP) is 2.74. The summed E-state index contributed by atoms with van der Waals surface area (Å²) < 4.78 is 27.1. The van der Waals surface area contributed by atoms with Gasteiger partial charge >= 0.3 is 0 Å². The van der Waals surface area contributed by atoms with Gasteiger partial charge in [0, 0.05) is 24.3 Å². The molecule has 1 aliphatic heterocycles. The van der Waals surface area contributed by atoms with Crippen molar-refractivity contribution in [2.75, 3.05) is 16.8 Å². The third-order valence-corrected chi connectivity index (χ3v) is 4.54. The van der Waals surface area contributed by atoms with E-state index in [1.807, 2.05) is 0 Å². The highest BCUT2D eigenvalue weighted by atomic mass is 19.1. The molecular weight excluding hydrogens is 368 g/mol. The molecule has 1 aromatic heterocycles. The summed E-state index contributed by atoms with van der Waals surface area (Å²) in [5.41, 5.74) is 1.09. The van der Waals surface area contributed by atoms with Gasteiger partial charge in [-0.05, 0) is 42.5 Å². The third-order valence-electron chi connectivity index (χ3n) is 4.54. The lowest BCUT2D eigenvalue weighted by atomic mass is 10.1. The van der Waals surface area contributed by atoms with Crippen molar-refractivity contribution in [3.63, 3.8) is 0 Å². The van der Waals surface area contributed by atoms with Crippen molar-refractivity contribution in [1.29, 1.82) is 0 Å². The SMILES string of the molecule is O=C(Nc1ccc(F)c(-c2ncn[nH]2)c1)C1CC(=O)N(c2ccc(F)cc2)C1. The van der Waals surface area contributed by atoms with Gasteiger partial charge in [0.1, 0.15) is 18.0 Å². The molecule has 0 spiro atoms. The summed E-state index contributed by atoms with van der Waals surface area (Å²) in [4.78, 5) is 30.2. The monoisotopic (exact) mass is 383 g/mol. The van der Waals surface area contributed by atoms with E-state index < -0.39 is 17.6 Å². The fraction of sp³-hybridized carbons (Fsp3) is 0.158. The number of nitrogens with zero attached hydrogens (tertiary/aromatic N) is 3. The van der Waals surface area contributed by atoms with Crippen molar-refractivity contribution in [3.8, 4) is 11.4 Å². The van der Waals surface area contributed by atoms with Crippen LogP contribution < -0.4 is 10.2 Å². The first kappa shape index (κ1) is 17.8. The smallest absolute Gasteiger partial charge is 0.229 e.